The molecule has 0 atom stereocenters. The zero-order valence-electron chi connectivity index (χ0n) is 9.08. The Kier molecular flexibility index (Phi) is 3.82. The highest BCUT2D eigenvalue weighted by Gasteiger charge is 2.29. The predicted octanol–water partition coefficient (Wildman–Crippen LogP) is 0.990. The minimum absolute atomic E-state index is 0.0529. The number of nitrogens with zero attached hydrogens (tertiary/aromatic N) is 2. The number of hydrogen-bond donors (Lipinski definition) is 1. The number of pyridine rings is 1. The monoisotopic (exact) mass is 320 g/mol. The fourth-order valence-corrected chi connectivity index (χ4v) is 3.35. The molecule has 1 aliphatic rings. The van der Waals surface area contributed by atoms with E-state index in [0.717, 1.165) is 4.47 Å². The van der Waals surface area contributed by atoms with Crippen LogP contribution in [0.1, 0.15) is 12.8 Å². The van der Waals surface area contributed by atoms with E-state index in [-0.39, 0.29) is 11.1 Å². The Hall–Kier alpha value is -0.500. The van der Waals surface area contributed by atoms with Gasteiger partial charge in [-0.2, -0.15) is 4.31 Å². The van der Waals surface area contributed by atoms with Gasteiger partial charge in [-0.1, -0.05) is 0 Å². The molecule has 0 aliphatic carbocycles. The lowest BCUT2D eigenvalue weighted by Crippen LogP contribution is -2.40. The zero-order valence-corrected chi connectivity index (χ0v) is 11.5. The van der Waals surface area contributed by atoms with Crippen LogP contribution in [0.15, 0.2) is 27.8 Å². The molecule has 7 heteroatoms. The van der Waals surface area contributed by atoms with Gasteiger partial charge in [0.2, 0.25) is 0 Å². The first-order chi connectivity index (χ1) is 8.00. The van der Waals surface area contributed by atoms with E-state index in [4.69, 9.17) is 0 Å². The summed E-state index contributed by atoms with van der Waals surface area (Å²) < 4.78 is 26.5. The van der Waals surface area contributed by atoms with Gasteiger partial charge in [-0.3, -0.25) is 0 Å². The summed E-state index contributed by atoms with van der Waals surface area (Å²) in [7, 11) is -3.51. The van der Waals surface area contributed by atoms with Gasteiger partial charge in [0.25, 0.3) is 10.0 Å². The summed E-state index contributed by atoms with van der Waals surface area (Å²) in [5.41, 5.74) is 0. The van der Waals surface area contributed by atoms with Gasteiger partial charge in [-0.25, -0.2) is 13.4 Å². The van der Waals surface area contributed by atoms with Crippen LogP contribution in [0.2, 0.25) is 0 Å². The number of aromatic nitrogens is 1. The van der Waals surface area contributed by atoms with Crippen molar-refractivity contribution in [3.8, 4) is 0 Å². The predicted molar refractivity (Wildman–Crippen MR) is 65.9 cm³/mol. The zero-order chi connectivity index (χ0) is 12.5. The maximum atomic E-state index is 12.2. The molecule has 1 fully saturated rings. The largest absolute Gasteiger partial charge is 0.393 e. The molecular formula is C10H13BrN2O3S. The Morgan fingerprint density at radius 3 is 2.53 bits per heavy atom. The first-order valence-corrected chi connectivity index (χ1v) is 7.53. The van der Waals surface area contributed by atoms with Crippen molar-refractivity contribution in [3.63, 3.8) is 0 Å². The minimum Gasteiger partial charge on any atom is -0.393 e. The van der Waals surface area contributed by atoms with Gasteiger partial charge < -0.3 is 5.11 Å². The number of halogens is 1. The molecule has 0 spiro atoms. The van der Waals surface area contributed by atoms with E-state index in [9.17, 15) is 13.5 Å². The molecule has 1 N–H and O–H groups in total. The minimum atomic E-state index is -3.51. The second-order valence-corrected chi connectivity index (χ2v) is 6.75. The first kappa shape index (κ1) is 12.9. The van der Waals surface area contributed by atoms with E-state index in [0.29, 0.717) is 25.9 Å². The standard InChI is InChI=1S/C10H13BrN2O3S/c11-8-1-2-10(12-7-8)17(15,16)13-5-3-9(14)4-6-13/h1-2,7,9,14H,3-6H2. The van der Waals surface area contributed by atoms with Crippen molar-refractivity contribution in [1.29, 1.82) is 0 Å². The molecule has 1 aromatic rings. The third-order valence-electron chi connectivity index (χ3n) is 2.73. The number of sulfonamides is 1. The van der Waals surface area contributed by atoms with E-state index in [2.05, 4.69) is 20.9 Å². The fraction of sp³-hybridized carbons (Fsp3) is 0.500. The molecule has 0 radical (unpaired) electrons. The van der Waals surface area contributed by atoms with Crippen LogP contribution in [0.25, 0.3) is 0 Å². The van der Waals surface area contributed by atoms with Crippen LogP contribution in [-0.4, -0.2) is 42.0 Å². The van der Waals surface area contributed by atoms with Crippen molar-refractivity contribution >= 4 is 26.0 Å². The van der Waals surface area contributed by atoms with Crippen LogP contribution >= 0.6 is 15.9 Å². The van der Waals surface area contributed by atoms with Crippen molar-refractivity contribution in [1.82, 2.24) is 9.29 Å². The van der Waals surface area contributed by atoms with Crippen LogP contribution in [0, 0.1) is 0 Å². The highest BCUT2D eigenvalue weighted by Crippen LogP contribution is 2.20. The molecular weight excluding hydrogens is 308 g/mol. The lowest BCUT2D eigenvalue weighted by atomic mass is 10.1. The highest BCUT2D eigenvalue weighted by atomic mass is 79.9. The van der Waals surface area contributed by atoms with Crippen LogP contribution in [0.5, 0.6) is 0 Å². The second kappa shape index (κ2) is 5.01. The van der Waals surface area contributed by atoms with E-state index in [1.165, 1.54) is 16.6 Å². The van der Waals surface area contributed by atoms with Gasteiger partial charge in [-0.15, -0.1) is 0 Å². The van der Waals surface area contributed by atoms with Crippen LogP contribution < -0.4 is 0 Å². The maximum absolute atomic E-state index is 12.2. The first-order valence-electron chi connectivity index (χ1n) is 5.30. The third-order valence-corrected chi connectivity index (χ3v) is 5.01. The molecule has 2 rings (SSSR count). The average Bonchev–Trinajstić information content (AvgIpc) is 2.30. The van der Waals surface area contributed by atoms with Crippen molar-refractivity contribution in [2.45, 2.75) is 24.0 Å². The molecule has 1 aliphatic heterocycles. The summed E-state index contributed by atoms with van der Waals surface area (Å²) in [6, 6.07) is 3.13. The van der Waals surface area contributed by atoms with E-state index in [1.807, 2.05) is 0 Å². The van der Waals surface area contributed by atoms with E-state index >= 15 is 0 Å². The number of piperidine rings is 1. The van der Waals surface area contributed by atoms with E-state index < -0.39 is 10.0 Å². The Morgan fingerprint density at radius 2 is 2.00 bits per heavy atom. The summed E-state index contributed by atoms with van der Waals surface area (Å²) in [5.74, 6) is 0. The van der Waals surface area contributed by atoms with Crippen LogP contribution in [0.3, 0.4) is 0 Å². The molecule has 0 bridgehead atoms. The molecule has 1 aromatic heterocycles. The molecule has 0 aromatic carbocycles. The smallest absolute Gasteiger partial charge is 0.260 e. The molecule has 0 unspecified atom stereocenters. The van der Waals surface area contributed by atoms with Crippen molar-refractivity contribution in [2.75, 3.05) is 13.1 Å². The van der Waals surface area contributed by atoms with E-state index in [1.54, 1.807) is 6.07 Å². The Labute approximate surface area is 109 Å². The Balaban J connectivity index is 2.21. The number of rotatable bonds is 2. The molecule has 2 heterocycles. The highest BCUT2D eigenvalue weighted by molar-refractivity contribution is 9.10. The van der Waals surface area contributed by atoms with Gasteiger partial charge in [0.05, 0.1) is 6.10 Å². The second-order valence-electron chi connectivity index (χ2n) is 3.95. The fourth-order valence-electron chi connectivity index (χ4n) is 1.73. The van der Waals surface area contributed by atoms with Gasteiger partial charge >= 0.3 is 0 Å². The molecule has 0 saturated carbocycles. The van der Waals surface area contributed by atoms with Crippen LogP contribution in [-0.2, 0) is 10.0 Å². The third kappa shape index (κ3) is 2.85. The average molecular weight is 321 g/mol. The summed E-state index contributed by atoms with van der Waals surface area (Å²) >= 11 is 3.21. The van der Waals surface area contributed by atoms with Gasteiger partial charge in [0, 0.05) is 23.8 Å². The van der Waals surface area contributed by atoms with Gasteiger partial charge in [0.1, 0.15) is 0 Å². The number of aliphatic hydroxyl groups is 1. The Morgan fingerprint density at radius 1 is 1.35 bits per heavy atom. The molecule has 5 nitrogen and oxygen atoms in total. The number of aliphatic hydroxyl groups excluding tert-OH is 1. The van der Waals surface area contributed by atoms with Crippen molar-refractivity contribution < 1.29 is 13.5 Å². The van der Waals surface area contributed by atoms with Gasteiger partial charge in [-0.05, 0) is 40.9 Å². The molecule has 0 amide bonds. The van der Waals surface area contributed by atoms with Gasteiger partial charge in [0.15, 0.2) is 5.03 Å². The lowest BCUT2D eigenvalue weighted by Gasteiger charge is -2.28. The summed E-state index contributed by atoms with van der Waals surface area (Å²) in [5, 5.41) is 9.41. The lowest BCUT2D eigenvalue weighted by molar-refractivity contribution is 0.113. The molecule has 17 heavy (non-hydrogen) atoms. The number of hydrogen-bond acceptors (Lipinski definition) is 4. The van der Waals surface area contributed by atoms with Crippen molar-refractivity contribution in [3.05, 3.63) is 22.8 Å². The van der Waals surface area contributed by atoms with Crippen molar-refractivity contribution in [2.24, 2.45) is 0 Å². The molecule has 94 valence electrons. The topological polar surface area (TPSA) is 70.5 Å². The summed E-state index contributed by atoms with van der Waals surface area (Å²) in [6.45, 7) is 0.697. The van der Waals surface area contributed by atoms with Crippen LogP contribution in [0.4, 0.5) is 0 Å². The quantitative estimate of drug-likeness (QED) is 0.882. The Bertz CT molecular complexity index is 481. The summed E-state index contributed by atoms with van der Waals surface area (Å²) in [6.07, 6.45) is 2.04. The normalized spacial score (nSPS) is 19.4. The maximum Gasteiger partial charge on any atom is 0.260 e. The molecule has 1 saturated heterocycles. The SMILES string of the molecule is O=S(=O)(c1ccc(Br)cn1)N1CCC(O)CC1. The summed E-state index contributed by atoms with van der Waals surface area (Å²) in [4.78, 5) is 3.91.